The van der Waals surface area contributed by atoms with E-state index in [0.29, 0.717) is 5.69 Å². The molecule has 0 unspecified atom stereocenters. The molecule has 2 rings (SSSR count). The monoisotopic (exact) mass is 350 g/mol. The lowest BCUT2D eigenvalue weighted by molar-refractivity contribution is -0.385. The second-order valence-electron chi connectivity index (χ2n) is 4.97. The number of sulfone groups is 1. The van der Waals surface area contributed by atoms with Gasteiger partial charge in [0.1, 0.15) is 5.75 Å². The van der Waals surface area contributed by atoms with Gasteiger partial charge >= 0.3 is 5.69 Å². The van der Waals surface area contributed by atoms with Gasteiger partial charge in [-0.1, -0.05) is 6.07 Å². The van der Waals surface area contributed by atoms with Gasteiger partial charge in [-0.2, -0.15) is 0 Å². The summed E-state index contributed by atoms with van der Waals surface area (Å²) in [4.78, 5) is 21.3. The molecule has 0 aliphatic rings. The van der Waals surface area contributed by atoms with Crippen LogP contribution in [0.25, 0.3) is 0 Å². The molecular formula is C15H14N2O6S. The van der Waals surface area contributed by atoms with Gasteiger partial charge in [0.15, 0.2) is 9.84 Å². The first-order valence-corrected chi connectivity index (χ1v) is 8.60. The van der Waals surface area contributed by atoms with Crippen LogP contribution in [0.3, 0.4) is 0 Å². The number of carbonyl (C=O) groups is 1. The minimum Gasteiger partial charge on any atom is -0.450 e. The van der Waals surface area contributed by atoms with E-state index in [9.17, 15) is 23.3 Å². The molecule has 2 aromatic rings. The van der Waals surface area contributed by atoms with Gasteiger partial charge in [-0.05, 0) is 24.3 Å². The Morgan fingerprint density at radius 1 is 1.21 bits per heavy atom. The zero-order valence-corrected chi connectivity index (χ0v) is 13.7. The number of benzene rings is 2. The normalized spacial score (nSPS) is 10.9. The number of hydrogen-bond acceptors (Lipinski definition) is 6. The van der Waals surface area contributed by atoms with E-state index in [1.807, 2.05) is 0 Å². The van der Waals surface area contributed by atoms with Crippen LogP contribution >= 0.6 is 0 Å². The van der Waals surface area contributed by atoms with Crippen molar-refractivity contribution >= 4 is 27.1 Å². The number of ether oxygens (including phenoxy) is 1. The third kappa shape index (κ3) is 4.29. The van der Waals surface area contributed by atoms with Crippen LogP contribution in [0.1, 0.15) is 6.92 Å². The molecular weight excluding hydrogens is 336 g/mol. The lowest BCUT2D eigenvalue weighted by atomic mass is 10.2. The van der Waals surface area contributed by atoms with Gasteiger partial charge in [-0.25, -0.2) is 8.42 Å². The van der Waals surface area contributed by atoms with Crippen LogP contribution < -0.4 is 10.1 Å². The number of carbonyl (C=O) groups excluding carboxylic acids is 1. The summed E-state index contributed by atoms with van der Waals surface area (Å²) in [5.74, 6) is -0.112. The first-order chi connectivity index (χ1) is 11.2. The van der Waals surface area contributed by atoms with Crippen molar-refractivity contribution in [2.45, 2.75) is 11.8 Å². The Balaban J connectivity index is 2.39. The molecule has 0 spiro atoms. The fourth-order valence-electron chi connectivity index (χ4n) is 1.92. The van der Waals surface area contributed by atoms with Crippen molar-refractivity contribution in [2.24, 2.45) is 0 Å². The molecule has 0 aliphatic carbocycles. The average molecular weight is 350 g/mol. The number of nitro benzene ring substituents is 1. The smallest absolute Gasteiger partial charge is 0.312 e. The number of rotatable bonds is 5. The van der Waals surface area contributed by atoms with Crippen molar-refractivity contribution in [3.63, 3.8) is 0 Å². The predicted octanol–water partition coefficient (Wildman–Crippen LogP) is 2.75. The molecule has 8 nitrogen and oxygen atoms in total. The van der Waals surface area contributed by atoms with Crippen molar-refractivity contribution in [1.82, 2.24) is 0 Å². The fraction of sp³-hybridized carbons (Fsp3) is 0.133. The van der Waals surface area contributed by atoms with Crippen LogP contribution in [-0.2, 0) is 14.6 Å². The van der Waals surface area contributed by atoms with Gasteiger partial charge in [-0.15, -0.1) is 0 Å². The zero-order valence-electron chi connectivity index (χ0n) is 12.8. The number of amides is 1. The molecule has 0 fully saturated rings. The molecule has 1 amide bonds. The van der Waals surface area contributed by atoms with Gasteiger partial charge in [0.05, 0.1) is 9.82 Å². The van der Waals surface area contributed by atoms with Crippen LogP contribution in [0.4, 0.5) is 11.4 Å². The number of nitrogens with one attached hydrogen (secondary N) is 1. The minimum absolute atomic E-state index is 0.104. The summed E-state index contributed by atoms with van der Waals surface area (Å²) >= 11 is 0. The Morgan fingerprint density at radius 3 is 2.50 bits per heavy atom. The SMILES string of the molecule is CC(=O)Nc1cccc(Oc2ccc(S(C)(=O)=O)cc2[N+](=O)[O-])c1. The second kappa shape index (κ2) is 6.67. The Labute approximate surface area is 138 Å². The van der Waals surface area contributed by atoms with Gasteiger partial charge in [0.2, 0.25) is 11.7 Å². The van der Waals surface area contributed by atoms with Crippen molar-refractivity contribution in [3.05, 3.63) is 52.6 Å². The van der Waals surface area contributed by atoms with Gasteiger partial charge < -0.3 is 10.1 Å². The first kappa shape index (κ1) is 17.4. The lowest BCUT2D eigenvalue weighted by Gasteiger charge is -2.09. The average Bonchev–Trinajstić information content (AvgIpc) is 2.45. The third-order valence-corrected chi connectivity index (χ3v) is 4.05. The summed E-state index contributed by atoms with van der Waals surface area (Å²) in [6, 6.07) is 9.69. The molecule has 0 aromatic heterocycles. The molecule has 0 saturated carbocycles. The van der Waals surface area contributed by atoms with E-state index in [2.05, 4.69) is 5.32 Å². The summed E-state index contributed by atoms with van der Waals surface area (Å²) in [5.41, 5.74) is -0.00161. The van der Waals surface area contributed by atoms with Gasteiger partial charge in [-0.3, -0.25) is 14.9 Å². The van der Waals surface area contributed by atoms with Gasteiger partial charge in [0.25, 0.3) is 0 Å². The standard InChI is InChI=1S/C15H14N2O6S/c1-10(18)16-11-4-3-5-12(8-11)23-15-7-6-13(24(2,21)22)9-14(15)17(19)20/h3-9H,1-2H3,(H,16,18). The minimum atomic E-state index is -3.58. The van der Waals surface area contributed by atoms with E-state index >= 15 is 0 Å². The maximum absolute atomic E-state index is 11.5. The molecule has 2 aromatic carbocycles. The van der Waals surface area contributed by atoms with E-state index in [-0.39, 0.29) is 22.3 Å². The van der Waals surface area contributed by atoms with Crippen LogP contribution in [0.15, 0.2) is 47.4 Å². The van der Waals surface area contributed by atoms with E-state index in [4.69, 9.17) is 4.74 Å². The van der Waals surface area contributed by atoms with Crippen LogP contribution in [0.2, 0.25) is 0 Å². The molecule has 126 valence electrons. The number of nitro groups is 1. The van der Waals surface area contributed by atoms with E-state index in [1.165, 1.54) is 25.1 Å². The zero-order chi connectivity index (χ0) is 17.9. The van der Waals surface area contributed by atoms with Crippen molar-refractivity contribution < 1.29 is 22.9 Å². The summed E-state index contributed by atoms with van der Waals surface area (Å²) in [6.45, 7) is 1.35. The van der Waals surface area contributed by atoms with Crippen molar-refractivity contribution in [3.8, 4) is 11.5 Å². The van der Waals surface area contributed by atoms with Crippen molar-refractivity contribution in [2.75, 3.05) is 11.6 Å². The highest BCUT2D eigenvalue weighted by molar-refractivity contribution is 7.90. The lowest BCUT2D eigenvalue weighted by Crippen LogP contribution is -2.05. The Hall–Kier alpha value is -2.94. The van der Waals surface area contributed by atoms with Crippen molar-refractivity contribution in [1.29, 1.82) is 0 Å². The molecule has 1 N–H and O–H groups in total. The molecule has 0 radical (unpaired) electrons. The van der Waals surface area contributed by atoms with Gasteiger partial charge in [0, 0.05) is 31.0 Å². The first-order valence-electron chi connectivity index (χ1n) is 6.71. The quantitative estimate of drug-likeness (QED) is 0.655. The Bertz CT molecular complexity index is 908. The van der Waals surface area contributed by atoms with E-state index < -0.39 is 20.4 Å². The molecule has 0 heterocycles. The second-order valence-corrected chi connectivity index (χ2v) is 6.99. The molecule has 9 heteroatoms. The van der Waals surface area contributed by atoms with E-state index in [1.54, 1.807) is 18.2 Å². The topological polar surface area (TPSA) is 116 Å². The van der Waals surface area contributed by atoms with E-state index in [0.717, 1.165) is 12.3 Å². The highest BCUT2D eigenvalue weighted by Crippen LogP contribution is 2.34. The molecule has 0 bridgehead atoms. The highest BCUT2D eigenvalue weighted by atomic mass is 32.2. The number of hydrogen-bond donors (Lipinski definition) is 1. The van der Waals surface area contributed by atoms with Crippen LogP contribution in [0.5, 0.6) is 11.5 Å². The van der Waals surface area contributed by atoms with Crippen LogP contribution in [0, 0.1) is 10.1 Å². The number of anilines is 1. The largest absolute Gasteiger partial charge is 0.450 e. The summed E-state index contributed by atoms with van der Waals surface area (Å²) in [7, 11) is -3.58. The predicted molar refractivity (Wildman–Crippen MR) is 87.0 cm³/mol. The van der Waals surface area contributed by atoms with Crippen LogP contribution in [-0.4, -0.2) is 25.5 Å². The highest BCUT2D eigenvalue weighted by Gasteiger charge is 2.20. The fourth-order valence-corrected chi connectivity index (χ4v) is 2.57. The summed E-state index contributed by atoms with van der Waals surface area (Å²) < 4.78 is 28.5. The Morgan fingerprint density at radius 2 is 1.92 bits per heavy atom. The summed E-state index contributed by atoms with van der Waals surface area (Å²) in [5, 5.41) is 13.7. The summed E-state index contributed by atoms with van der Waals surface area (Å²) in [6.07, 6.45) is 0.962. The maximum atomic E-state index is 11.5. The molecule has 0 saturated heterocycles. The Kier molecular flexibility index (Phi) is 4.84. The maximum Gasteiger partial charge on any atom is 0.312 e. The number of nitrogens with zero attached hydrogens (tertiary/aromatic N) is 1. The molecule has 0 aliphatic heterocycles. The molecule has 24 heavy (non-hydrogen) atoms. The third-order valence-electron chi connectivity index (χ3n) is 2.94. The molecule has 0 atom stereocenters.